The fourth-order valence-electron chi connectivity index (χ4n) is 1.57. The second kappa shape index (κ2) is 3.52. The SMILES string of the molecule is O=C1CNCc2nc(-c3cccs3)sc21. The molecular weight excluding hydrogens is 228 g/mol. The van der Waals surface area contributed by atoms with Crippen molar-refractivity contribution in [3.8, 4) is 9.88 Å². The maximum absolute atomic E-state index is 11.6. The number of hydrogen-bond donors (Lipinski definition) is 1. The highest BCUT2D eigenvalue weighted by Gasteiger charge is 2.22. The Balaban J connectivity index is 2.09. The summed E-state index contributed by atoms with van der Waals surface area (Å²) in [5, 5.41) is 6.04. The van der Waals surface area contributed by atoms with Gasteiger partial charge in [0.2, 0.25) is 0 Å². The number of hydrogen-bond acceptors (Lipinski definition) is 5. The smallest absolute Gasteiger partial charge is 0.188 e. The molecular formula is C10H8N2OS2. The van der Waals surface area contributed by atoms with Gasteiger partial charge in [-0.1, -0.05) is 6.07 Å². The Morgan fingerprint density at radius 3 is 3.07 bits per heavy atom. The fourth-order valence-corrected chi connectivity index (χ4v) is 3.39. The molecule has 0 fully saturated rings. The van der Waals surface area contributed by atoms with E-state index in [4.69, 9.17) is 0 Å². The monoisotopic (exact) mass is 236 g/mol. The molecule has 0 bridgehead atoms. The molecule has 76 valence electrons. The molecule has 3 heterocycles. The van der Waals surface area contributed by atoms with E-state index in [2.05, 4.69) is 10.3 Å². The van der Waals surface area contributed by atoms with E-state index in [1.807, 2.05) is 17.5 Å². The van der Waals surface area contributed by atoms with Crippen LogP contribution in [0, 0.1) is 0 Å². The molecule has 15 heavy (non-hydrogen) atoms. The van der Waals surface area contributed by atoms with E-state index in [-0.39, 0.29) is 5.78 Å². The van der Waals surface area contributed by atoms with Gasteiger partial charge in [0.1, 0.15) is 5.01 Å². The average molecular weight is 236 g/mol. The van der Waals surface area contributed by atoms with Crippen molar-refractivity contribution < 1.29 is 4.79 Å². The Bertz CT molecular complexity index is 501. The highest BCUT2D eigenvalue weighted by Crippen LogP contribution is 2.32. The van der Waals surface area contributed by atoms with Crippen LogP contribution < -0.4 is 5.32 Å². The lowest BCUT2D eigenvalue weighted by atomic mass is 10.2. The molecule has 0 saturated heterocycles. The highest BCUT2D eigenvalue weighted by atomic mass is 32.1. The third-order valence-electron chi connectivity index (χ3n) is 2.26. The van der Waals surface area contributed by atoms with E-state index in [1.165, 1.54) is 11.3 Å². The molecule has 0 spiro atoms. The van der Waals surface area contributed by atoms with Crippen LogP contribution in [0.3, 0.4) is 0 Å². The number of nitrogens with one attached hydrogen (secondary N) is 1. The van der Waals surface area contributed by atoms with Crippen LogP contribution in [0.15, 0.2) is 17.5 Å². The number of thiophene rings is 1. The minimum absolute atomic E-state index is 0.163. The van der Waals surface area contributed by atoms with Crippen LogP contribution in [0.2, 0.25) is 0 Å². The van der Waals surface area contributed by atoms with Crippen molar-refractivity contribution >= 4 is 28.5 Å². The lowest BCUT2D eigenvalue weighted by molar-refractivity contribution is 0.0986. The number of fused-ring (bicyclic) bond motifs is 1. The quantitative estimate of drug-likeness (QED) is 0.825. The summed E-state index contributed by atoms with van der Waals surface area (Å²) in [4.78, 5) is 18.0. The van der Waals surface area contributed by atoms with Gasteiger partial charge in [0.25, 0.3) is 0 Å². The normalized spacial score (nSPS) is 15.3. The summed E-state index contributed by atoms with van der Waals surface area (Å²) in [5.74, 6) is 0.163. The van der Waals surface area contributed by atoms with Gasteiger partial charge in [-0.2, -0.15) is 0 Å². The summed E-state index contributed by atoms with van der Waals surface area (Å²) in [7, 11) is 0. The van der Waals surface area contributed by atoms with Crippen molar-refractivity contribution in [2.24, 2.45) is 0 Å². The van der Waals surface area contributed by atoms with Gasteiger partial charge in [0.05, 0.1) is 22.0 Å². The van der Waals surface area contributed by atoms with E-state index < -0.39 is 0 Å². The maximum atomic E-state index is 11.6. The average Bonchev–Trinajstić information content (AvgIpc) is 2.86. The molecule has 2 aromatic heterocycles. The summed E-state index contributed by atoms with van der Waals surface area (Å²) >= 11 is 3.17. The number of Topliss-reactive ketones (excluding diaryl/α,β-unsaturated/α-hetero) is 1. The molecule has 3 rings (SSSR count). The van der Waals surface area contributed by atoms with Crippen LogP contribution in [0.4, 0.5) is 0 Å². The molecule has 0 radical (unpaired) electrons. The van der Waals surface area contributed by atoms with E-state index in [0.29, 0.717) is 13.1 Å². The second-order valence-electron chi connectivity index (χ2n) is 3.30. The number of aromatic nitrogens is 1. The predicted octanol–water partition coefficient (Wildman–Crippen LogP) is 2.16. The Hall–Kier alpha value is -1.04. The van der Waals surface area contributed by atoms with Crippen molar-refractivity contribution in [2.75, 3.05) is 6.54 Å². The van der Waals surface area contributed by atoms with E-state index >= 15 is 0 Å². The molecule has 0 aromatic carbocycles. The Kier molecular flexibility index (Phi) is 2.16. The standard InChI is InChI=1S/C10H8N2OS2/c13-7-5-11-4-6-9(7)15-10(12-6)8-2-1-3-14-8/h1-3,11H,4-5H2. The summed E-state index contributed by atoms with van der Waals surface area (Å²) in [6, 6.07) is 4.04. The van der Waals surface area contributed by atoms with Gasteiger partial charge in [-0.3, -0.25) is 4.79 Å². The second-order valence-corrected chi connectivity index (χ2v) is 5.25. The van der Waals surface area contributed by atoms with Gasteiger partial charge in [-0.15, -0.1) is 22.7 Å². The Morgan fingerprint density at radius 1 is 1.40 bits per heavy atom. The summed E-state index contributed by atoms with van der Waals surface area (Å²) in [5.41, 5.74) is 0.902. The number of carbonyl (C=O) groups excluding carboxylic acids is 1. The van der Waals surface area contributed by atoms with Crippen LogP contribution in [0.25, 0.3) is 9.88 Å². The first-order valence-electron chi connectivity index (χ1n) is 4.62. The first-order chi connectivity index (χ1) is 7.34. The zero-order valence-corrected chi connectivity index (χ0v) is 9.45. The molecule has 1 aliphatic heterocycles. The van der Waals surface area contributed by atoms with E-state index in [1.54, 1.807) is 11.3 Å². The van der Waals surface area contributed by atoms with Gasteiger partial charge in [0.15, 0.2) is 5.78 Å². The number of rotatable bonds is 1. The van der Waals surface area contributed by atoms with Gasteiger partial charge in [0, 0.05) is 6.54 Å². The van der Waals surface area contributed by atoms with Crippen molar-refractivity contribution in [1.29, 1.82) is 0 Å². The molecule has 1 aliphatic rings. The molecule has 0 saturated carbocycles. The van der Waals surface area contributed by atoms with Crippen molar-refractivity contribution in [3.63, 3.8) is 0 Å². The third-order valence-corrected chi connectivity index (χ3v) is 4.44. The van der Waals surface area contributed by atoms with Crippen LogP contribution in [0.1, 0.15) is 15.4 Å². The Labute approximate surface area is 94.8 Å². The maximum Gasteiger partial charge on any atom is 0.188 e. The first kappa shape index (κ1) is 9.21. The summed E-state index contributed by atoms with van der Waals surface area (Å²) in [6.45, 7) is 1.15. The zero-order chi connectivity index (χ0) is 10.3. The van der Waals surface area contributed by atoms with Gasteiger partial charge < -0.3 is 5.32 Å². The lowest BCUT2D eigenvalue weighted by Gasteiger charge is -2.08. The molecule has 0 aliphatic carbocycles. The van der Waals surface area contributed by atoms with Gasteiger partial charge >= 0.3 is 0 Å². The molecule has 0 amide bonds. The number of carbonyl (C=O) groups is 1. The van der Waals surface area contributed by atoms with E-state index in [9.17, 15) is 4.79 Å². The largest absolute Gasteiger partial charge is 0.304 e. The molecule has 1 N–H and O–H groups in total. The number of thiazole rings is 1. The molecule has 5 heteroatoms. The lowest BCUT2D eigenvalue weighted by Crippen LogP contribution is -2.28. The van der Waals surface area contributed by atoms with Gasteiger partial charge in [-0.25, -0.2) is 4.98 Å². The van der Waals surface area contributed by atoms with E-state index in [0.717, 1.165) is 20.5 Å². The number of ketones is 1. The Morgan fingerprint density at radius 2 is 2.33 bits per heavy atom. The zero-order valence-electron chi connectivity index (χ0n) is 7.82. The van der Waals surface area contributed by atoms with Crippen molar-refractivity contribution in [3.05, 3.63) is 28.1 Å². The van der Waals surface area contributed by atoms with Crippen LogP contribution in [-0.2, 0) is 6.54 Å². The fraction of sp³-hybridized carbons (Fsp3) is 0.200. The summed E-state index contributed by atoms with van der Waals surface area (Å²) < 4.78 is 0. The molecule has 0 unspecified atom stereocenters. The predicted molar refractivity (Wildman–Crippen MR) is 61.5 cm³/mol. The van der Waals surface area contributed by atoms with Gasteiger partial charge in [-0.05, 0) is 11.4 Å². The van der Waals surface area contributed by atoms with Crippen LogP contribution in [-0.4, -0.2) is 17.3 Å². The molecule has 2 aromatic rings. The van der Waals surface area contributed by atoms with Crippen molar-refractivity contribution in [2.45, 2.75) is 6.54 Å². The van der Waals surface area contributed by atoms with Crippen molar-refractivity contribution in [1.82, 2.24) is 10.3 Å². The summed E-state index contributed by atoms with van der Waals surface area (Å²) in [6.07, 6.45) is 0. The highest BCUT2D eigenvalue weighted by molar-refractivity contribution is 7.22. The van der Waals surface area contributed by atoms with Crippen LogP contribution >= 0.6 is 22.7 Å². The minimum Gasteiger partial charge on any atom is -0.304 e. The first-order valence-corrected chi connectivity index (χ1v) is 6.32. The number of nitrogens with zero attached hydrogens (tertiary/aromatic N) is 1. The molecule has 3 nitrogen and oxygen atoms in total. The van der Waals surface area contributed by atoms with Crippen LogP contribution in [0.5, 0.6) is 0 Å². The molecule has 0 atom stereocenters. The minimum atomic E-state index is 0.163. The third kappa shape index (κ3) is 1.52. The topological polar surface area (TPSA) is 42.0 Å².